The third-order valence-corrected chi connectivity index (χ3v) is 7.02. The molecule has 2 aliphatic carbocycles. The largest absolute Gasteiger partial charge is 0.388 e. The fraction of sp³-hybridized carbons (Fsp3) is 0.632. The molecule has 1 heterocycles. The quantitative estimate of drug-likeness (QED) is 0.895. The van der Waals surface area contributed by atoms with E-state index in [1.165, 1.54) is 17.5 Å². The zero-order valence-electron chi connectivity index (χ0n) is 13.5. The average molecular weight is 331 g/mol. The Morgan fingerprint density at radius 2 is 2.04 bits per heavy atom. The monoisotopic (exact) mass is 331 g/mol. The SMILES string of the molecule is O=C(NCC1(O)CCSCC1)[C@H]1C[C@@]12CCCc1ccccc12. The first-order chi connectivity index (χ1) is 11.1. The Hall–Kier alpha value is -1.00. The number of carbonyl (C=O) groups is 1. The molecule has 2 fully saturated rings. The van der Waals surface area contributed by atoms with Crippen LogP contribution in [0.3, 0.4) is 0 Å². The van der Waals surface area contributed by atoms with Gasteiger partial charge < -0.3 is 10.4 Å². The standard InChI is InChI=1S/C19H25NO2S/c21-17(20-13-18(22)8-10-23-11-9-18)16-12-19(16)7-3-5-14-4-1-2-6-15(14)19/h1-2,4,6,16,22H,3,5,7-13H2,(H,20,21)/t16-,19-/m1/s1. The van der Waals surface area contributed by atoms with Gasteiger partial charge in [-0.05, 0) is 61.2 Å². The van der Waals surface area contributed by atoms with Gasteiger partial charge in [0.05, 0.1) is 5.60 Å². The van der Waals surface area contributed by atoms with E-state index in [2.05, 4.69) is 29.6 Å². The van der Waals surface area contributed by atoms with Crippen LogP contribution in [0, 0.1) is 5.92 Å². The van der Waals surface area contributed by atoms with Crippen LogP contribution in [0.2, 0.25) is 0 Å². The van der Waals surface area contributed by atoms with Crippen molar-refractivity contribution >= 4 is 17.7 Å². The predicted octanol–water partition coefficient (Wildman–Crippen LogP) is 2.65. The highest BCUT2D eigenvalue weighted by molar-refractivity contribution is 7.99. The van der Waals surface area contributed by atoms with Crippen LogP contribution in [0.25, 0.3) is 0 Å². The highest BCUT2D eigenvalue weighted by Gasteiger charge is 2.60. The fourth-order valence-electron chi connectivity index (χ4n) is 4.48. The minimum absolute atomic E-state index is 0.0873. The van der Waals surface area contributed by atoms with Gasteiger partial charge >= 0.3 is 0 Å². The first kappa shape index (κ1) is 15.5. The Bertz CT molecular complexity index is 611. The minimum atomic E-state index is -0.687. The van der Waals surface area contributed by atoms with Gasteiger partial charge in [0.1, 0.15) is 0 Å². The van der Waals surface area contributed by atoms with Crippen molar-refractivity contribution in [3.8, 4) is 0 Å². The maximum Gasteiger partial charge on any atom is 0.224 e. The molecule has 0 unspecified atom stereocenters. The van der Waals surface area contributed by atoms with Gasteiger partial charge in [-0.1, -0.05) is 24.3 Å². The summed E-state index contributed by atoms with van der Waals surface area (Å²) in [7, 11) is 0. The van der Waals surface area contributed by atoms with E-state index in [1.54, 1.807) is 0 Å². The Morgan fingerprint density at radius 3 is 2.87 bits per heavy atom. The molecule has 1 aromatic rings. The van der Waals surface area contributed by atoms with Gasteiger partial charge in [-0.25, -0.2) is 0 Å². The van der Waals surface area contributed by atoms with Crippen LogP contribution in [-0.4, -0.2) is 34.7 Å². The molecule has 3 aliphatic rings. The molecule has 1 saturated carbocycles. The summed E-state index contributed by atoms with van der Waals surface area (Å²) in [6.45, 7) is 0.417. The maximum absolute atomic E-state index is 12.6. The van der Waals surface area contributed by atoms with Crippen molar-refractivity contribution in [2.24, 2.45) is 5.92 Å². The summed E-state index contributed by atoms with van der Waals surface area (Å²) >= 11 is 1.89. The number of carbonyl (C=O) groups excluding carboxylic acids is 1. The highest BCUT2D eigenvalue weighted by atomic mass is 32.2. The van der Waals surface area contributed by atoms with Gasteiger partial charge in [-0.3, -0.25) is 4.79 Å². The molecule has 1 saturated heterocycles. The molecule has 124 valence electrons. The maximum atomic E-state index is 12.6. The van der Waals surface area contributed by atoms with Gasteiger partial charge in [-0.2, -0.15) is 11.8 Å². The Labute approximate surface area is 142 Å². The molecule has 0 radical (unpaired) electrons. The van der Waals surface area contributed by atoms with Crippen LogP contribution in [0.4, 0.5) is 0 Å². The van der Waals surface area contributed by atoms with Crippen molar-refractivity contribution in [3.05, 3.63) is 35.4 Å². The summed E-state index contributed by atoms with van der Waals surface area (Å²) in [6, 6.07) is 8.63. The molecule has 0 bridgehead atoms. The Morgan fingerprint density at radius 1 is 1.26 bits per heavy atom. The summed E-state index contributed by atoms with van der Waals surface area (Å²) in [4.78, 5) is 12.6. The second-order valence-corrected chi connectivity index (χ2v) is 8.70. The van der Waals surface area contributed by atoms with Crippen molar-refractivity contribution in [2.75, 3.05) is 18.1 Å². The van der Waals surface area contributed by atoms with Crippen molar-refractivity contribution in [3.63, 3.8) is 0 Å². The number of hydrogen-bond acceptors (Lipinski definition) is 3. The van der Waals surface area contributed by atoms with Crippen LogP contribution in [0.1, 0.15) is 43.2 Å². The molecule has 4 rings (SSSR count). The first-order valence-electron chi connectivity index (χ1n) is 8.79. The molecule has 1 aromatic carbocycles. The molecule has 4 heteroatoms. The topological polar surface area (TPSA) is 49.3 Å². The van der Waals surface area contributed by atoms with E-state index in [0.29, 0.717) is 6.54 Å². The minimum Gasteiger partial charge on any atom is -0.388 e. The number of thioether (sulfide) groups is 1. The van der Waals surface area contributed by atoms with E-state index in [4.69, 9.17) is 0 Å². The van der Waals surface area contributed by atoms with E-state index in [0.717, 1.165) is 43.6 Å². The van der Waals surface area contributed by atoms with Gasteiger partial charge in [0.25, 0.3) is 0 Å². The molecule has 2 N–H and O–H groups in total. The van der Waals surface area contributed by atoms with Crippen molar-refractivity contribution in [1.82, 2.24) is 5.32 Å². The molecule has 0 aromatic heterocycles. The number of benzene rings is 1. The van der Waals surface area contributed by atoms with Crippen LogP contribution in [0.15, 0.2) is 24.3 Å². The number of hydrogen-bond donors (Lipinski definition) is 2. The van der Waals surface area contributed by atoms with Crippen LogP contribution < -0.4 is 5.32 Å². The lowest BCUT2D eigenvalue weighted by Crippen LogP contribution is -2.46. The number of rotatable bonds is 3. The van der Waals surface area contributed by atoms with Crippen LogP contribution in [-0.2, 0) is 16.6 Å². The number of amides is 1. The lowest BCUT2D eigenvalue weighted by molar-refractivity contribution is -0.124. The van der Waals surface area contributed by atoms with Crippen molar-refractivity contribution in [2.45, 2.75) is 49.5 Å². The highest BCUT2D eigenvalue weighted by Crippen LogP contribution is 2.60. The van der Waals surface area contributed by atoms with Crippen LogP contribution in [0.5, 0.6) is 0 Å². The normalized spacial score (nSPS) is 31.4. The van der Waals surface area contributed by atoms with Gasteiger partial charge in [-0.15, -0.1) is 0 Å². The Kier molecular flexibility index (Phi) is 3.93. The predicted molar refractivity (Wildman–Crippen MR) is 93.7 cm³/mol. The number of aryl methyl sites for hydroxylation is 1. The van der Waals surface area contributed by atoms with Crippen molar-refractivity contribution in [1.29, 1.82) is 0 Å². The molecule has 23 heavy (non-hydrogen) atoms. The van der Waals surface area contributed by atoms with Gasteiger partial charge in [0.2, 0.25) is 5.91 Å². The zero-order valence-corrected chi connectivity index (χ0v) is 14.3. The number of aliphatic hydroxyl groups is 1. The second kappa shape index (κ2) is 5.82. The van der Waals surface area contributed by atoms with Crippen LogP contribution >= 0.6 is 11.8 Å². The summed E-state index contributed by atoms with van der Waals surface area (Å²) in [5.41, 5.74) is 2.23. The molecule has 1 aliphatic heterocycles. The third kappa shape index (κ3) is 2.80. The number of fused-ring (bicyclic) bond motifs is 2. The summed E-state index contributed by atoms with van der Waals surface area (Å²) in [6.07, 6.45) is 6.01. The molecule has 1 spiro atoms. The van der Waals surface area contributed by atoms with Crippen molar-refractivity contribution < 1.29 is 9.90 Å². The first-order valence-corrected chi connectivity index (χ1v) is 9.95. The smallest absolute Gasteiger partial charge is 0.224 e. The van der Waals surface area contributed by atoms with Gasteiger partial charge in [0, 0.05) is 17.9 Å². The average Bonchev–Trinajstić information content (AvgIpc) is 3.29. The van der Waals surface area contributed by atoms with E-state index in [1.807, 2.05) is 11.8 Å². The number of nitrogens with one attached hydrogen (secondary N) is 1. The fourth-order valence-corrected chi connectivity index (χ4v) is 5.73. The molecular formula is C19H25NO2S. The molecule has 3 nitrogen and oxygen atoms in total. The summed E-state index contributed by atoms with van der Waals surface area (Å²) in [5.74, 6) is 2.24. The lowest BCUT2D eigenvalue weighted by atomic mass is 9.78. The Balaban J connectivity index is 1.42. The molecule has 2 atom stereocenters. The molecule has 1 amide bonds. The third-order valence-electron chi connectivity index (χ3n) is 6.03. The zero-order chi connectivity index (χ0) is 15.9. The summed E-state index contributed by atoms with van der Waals surface area (Å²) < 4.78 is 0. The summed E-state index contributed by atoms with van der Waals surface area (Å²) in [5, 5.41) is 13.6. The van der Waals surface area contributed by atoms with E-state index in [-0.39, 0.29) is 17.2 Å². The van der Waals surface area contributed by atoms with E-state index >= 15 is 0 Å². The van der Waals surface area contributed by atoms with E-state index in [9.17, 15) is 9.90 Å². The van der Waals surface area contributed by atoms with Gasteiger partial charge in [0.15, 0.2) is 0 Å². The molecular weight excluding hydrogens is 306 g/mol. The lowest BCUT2D eigenvalue weighted by Gasteiger charge is -2.32. The van der Waals surface area contributed by atoms with E-state index < -0.39 is 5.60 Å². The second-order valence-electron chi connectivity index (χ2n) is 7.48.